The summed E-state index contributed by atoms with van der Waals surface area (Å²) in [4.78, 5) is 4.70. The Balaban J connectivity index is 2.02. The molecule has 0 radical (unpaired) electrons. The Labute approximate surface area is 97.3 Å². The van der Waals surface area contributed by atoms with E-state index in [2.05, 4.69) is 16.8 Å². The minimum atomic E-state index is 0.228. The molecule has 0 unspecified atom stereocenters. The quantitative estimate of drug-likeness (QED) is 0.785. The van der Waals surface area contributed by atoms with E-state index in [1.807, 2.05) is 6.33 Å². The predicted octanol–water partition coefficient (Wildman–Crippen LogP) is 2.21. The second kappa shape index (κ2) is 3.88. The lowest BCUT2D eigenvalue weighted by atomic mass is 9.76. The first-order valence-corrected chi connectivity index (χ1v) is 6.65. The van der Waals surface area contributed by atoms with Gasteiger partial charge < -0.3 is 9.88 Å². The van der Waals surface area contributed by atoms with Crippen molar-refractivity contribution in [2.45, 2.75) is 57.5 Å². The van der Waals surface area contributed by atoms with Crippen LogP contribution < -0.4 is 5.32 Å². The standard InChI is InChI=1S/C13H21N3/c1-2-16-10-14-12-11(16)6-9-15-13(12)7-4-3-5-8-13/h10,15H,2-9H2,1H3. The highest BCUT2D eigenvalue weighted by atomic mass is 15.1. The van der Waals surface area contributed by atoms with Crippen molar-refractivity contribution in [1.82, 2.24) is 14.9 Å². The highest BCUT2D eigenvalue weighted by Crippen LogP contribution is 2.39. The van der Waals surface area contributed by atoms with Crippen LogP contribution in [0.2, 0.25) is 0 Å². The number of hydrogen-bond acceptors (Lipinski definition) is 2. The fraction of sp³-hybridized carbons (Fsp3) is 0.769. The maximum absolute atomic E-state index is 4.70. The van der Waals surface area contributed by atoms with Crippen LogP contribution in [-0.4, -0.2) is 16.1 Å². The predicted molar refractivity (Wildman–Crippen MR) is 64.4 cm³/mol. The molecule has 1 aromatic rings. The Morgan fingerprint density at radius 2 is 2.19 bits per heavy atom. The van der Waals surface area contributed by atoms with Crippen molar-refractivity contribution in [2.75, 3.05) is 6.54 Å². The molecule has 0 aromatic carbocycles. The summed E-state index contributed by atoms with van der Waals surface area (Å²) in [7, 11) is 0. The summed E-state index contributed by atoms with van der Waals surface area (Å²) in [6, 6.07) is 0. The highest BCUT2D eigenvalue weighted by Gasteiger charge is 2.39. The number of aryl methyl sites for hydroxylation is 1. The molecule has 0 saturated heterocycles. The van der Waals surface area contributed by atoms with Crippen LogP contribution >= 0.6 is 0 Å². The molecule has 2 aliphatic rings. The van der Waals surface area contributed by atoms with Crippen molar-refractivity contribution >= 4 is 0 Å². The summed E-state index contributed by atoms with van der Waals surface area (Å²) in [5.41, 5.74) is 3.08. The second-order valence-electron chi connectivity index (χ2n) is 5.15. The molecule has 1 N–H and O–H groups in total. The molecule has 88 valence electrons. The van der Waals surface area contributed by atoms with E-state index in [0.29, 0.717) is 0 Å². The third-order valence-corrected chi connectivity index (χ3v) is 4.27. The SMILES string of the molecule is CCn1cnc2c1CCNC21CCCCC1. The summed E-state index contributed by atoms with van der Waals surface area (Å²) in [5.74, 6) is 0. The highest BCUT2D eigenvalue weighted by molar-refractivity contribution is 5.27. The number of imidazole rings is 1. The number of rotatable bonds is 1. The van der Waals surface area contributed by atoms with Gasteiger partial charge in [0.25, 0.3) is 0 Å². The molecule has 3 heteroatoms. The van der Waals surface area contributed by atoms with Crippen LogP contribution in [0.25, 0.3) is 0 Å². The number of aromatic nitrogens is 2. The van der Waals surface area contributed by atoms with Gasteiger partial charge in [0.2, 0.25) is 0 Å². The molecule has 1 aliphatic heterocycles. The first-order chi connectivity index (χ1) is 7.86. The molecule has 0 atom stereocenters. The molecule has 1 aromatic heterocycles. The van der Waals surface area contributed by atoms with E-state index < -0.39 is 0 Å². The summed E-state index contributed by atoms with van der Waals surface area (Å²) < 4.78 is 2.33. The molecule has 3 nitrogen and oxygen atoms in total. The fourth-order valence-corrected chi connectivity index (χ4v) is 3.41. The zero-order valence-electron chi connectivity index (χ0n) is 10.1. The summed E-state index contributed by atoms with van der Waals surface area (Å²) in [6.45, 7) is 4.38. The third kappa shape index (κ3) is 1.41. The van der Waals surface area contributed by atoms with E-state index in [9.17, 15) is 0 Å². The van der Waals surface area contributed by atoms with Crippen molar-refractivity contribution in [1.29, 1.82) is 0 Å². The van der Waals surface area contributed by atoms with Crippen LogP contribution in [0.4, 0.5) is 0 Å². The smallest absolute Gasteiger partial charge is 0.0952 e. The summed E-state index contributed by atoms with van der Waals surface area (Å²) >= 11 is 0. The van der Waals surface area contributed by atoms with Crippen molar-refractivity contribution < 1.29 is 0 Å². The Morgan fingerprint density at radius 3 is 2.94 bits per heavy atom. The lowest BCUT2D eigenvalue weighted by Crippen LogP contribution is -2.49. The molecule has 1 saturated carbocycles. The average molecular weight is 219 g/mol. The summed E-state index contributed by atoms with van der Waals surface area (Å²) in [5, 5.41) is 3.75. The van der Waals surface area contributed by atoms with E-state index in [-0.39, 0.29) is 5.54 Å². The van der Waals surface area contributed by atoms with E-state index in [4.69, 9.17) is 4.98 Å². The minimum Gasteiger partial charge on any atom is -0.334 e. The zero-order chi connectivity index (χ0) is 11.0. The van der Waals surface area contributed by atoms with Gasteiger partial charge >= 0.3 is 0 Å². The Hall–Kier alpha value is -0.830. The van der Waals surface area contributed by atoms with Gasteiger partial charge in [-0.3, -0.25) is 0 Å². The zero-order valence-corrected chi connectivity index (χ0v) is 10.1. The molecule has 16 heavy (non-hydrogen) atoms. The van der Waals surface area contributed by atoms with Gasteiger partial charge in [-0.2, -0.15) is 0 Å². The Morgan fingerprint density at radius 1 is 1.38 bits per heavy atom. The fourth-order valence-electron chi connectivity index (χ4n) is 3.41. The average Bonchev–Trinajstić information content (AvgIpc) is 2.75. The molecule has 0 amide bonds. The molecule has 1 fully saturated rings. The van der Waals surface area contributed by atoms with Crippen molar-refractivity contribution in [2.24, 2.45) is 0 Å². The van der Waals surface area contributed by atoms with Crippen molar-refractivity contribution in [3.05, 3.63) is 17.7 Å². The monoisotopic (exact) mass is 219 g/mol. The summed E-state index contributed by atoms with van der Waals surface area (Å²) in [6.07, 6.45) is 9.84. The van der Waals surface area contributed by atoms with Gasteiger partial charge in [0, 0.05) is 25.2 Å². The molecule has 3 rings (SSSR count). The van der Waals surface area contributed by atoms with Gasteiger partial charge in [-0.25, -0.2) is 4.98 Å². The van der Waals surface area contributed by atoms with Gasteiger partial charge in [-0.05, 0) is 19.8 Å². The maximum Gasteiger partial charge on any atom is 0.0952 e. The normalized spacial score (nSPS) is 23.3. The van der Waals surface area contributed by atoms with Crippen LogP contribution in [0.1, 0.15) is 50.4 Å². The van der Waals surface area contributed by atoms with E-state index in [1.54, 1.807) is 0 Å². The van der Waals surface area contributed by atoms with E-state index >= 15 is 0 Å². The van der Waals surface area contributed by atoms with Gasteiger partial charge in [-0.15, -0.1) is 0 Å². The number of fused-ring (bicyclic) bond motifs is 2. The van der Waals surface area contributed by atoms with Crippen molar-refractivity contribution in [3.8, 4) is 0 Å². The van der Waals surface area contributed by atoms with Crippen LogP contribution in [0.5, 0.6) is 0 Å². The first kappa shape index (κ1) is 10.3. The Bertz CT molecular complexity index is 375. The van der Waals surface area contributed by atoms with E-state index in [0.717, 1.165) is 19.5 Å². The van der Waals surface area contributed by atoms with E-state index in [1.165, 1.54) is 43.5 Å². The maximum atomic E-state index is 4.70. The number of nitrogens with one attached hydrogen (secondary N) is 1. The Kier molecular flexibility index (Phi) is 2.51. The molecule has 2 heterocycles. The van der Waals surface area contributed by atoms with Gasteiger partial charge in [0.05, 0.1) is 17.6 Å². The van der Waals surface area contributed by atoms with Crippen LogP contribution in [0.15, 0.2) is 6.33 Å². The van der Waals surface area contributed by atoms with Gasteiger partial charge in [-0.1, -0.05) is 19.3 Å². The number of nitrogens with zero attached hydrogens (tertiary/aromatic N) is 2. The molecule has 1 aliphatic carbocycles. The van der Waals surface area contributed by atoms with Gasteiger partial charge in [0.1, 0.15) is 0 Å². The molecular weight excluding hydrogens is 198 g/mol. The van der Waals surface area contributed by atoms with Gasteiger partial charge in [0.15, 0.2) is 0 Å². The third-order valence-electron chi connectivity index (χ3n) is 4.27. The lowest BCUT2D eigenvalue weighted by molar-refractivity contribution is 0.215. The molecule has 1 spiro atoms. The van der Waals surface area contributed by atoms with Crippen molar-refractivity contribution in [3.63, 3.8) is 0 Å². The molecule has 0 bridgehead atoms. The largest absolute Gasteiger partial charge is 0.334 e. The first-order valence-electron chi connectivity index (χ1n) is 6.65. The topological polar surface area (TPSA) is 29.9 Å². The number of hydrogen-bond donors (Lipinski definition) is 1. The minimum absolute atomic E-state index is 0.228. The van der Waals surface area contributed by atoms with Crippen LogP contribution in [-0.2, 0) is 18.5 Å². The van der Waals surface area contributed by atoms with Crippen LogP contribution in [0, 0.1) is 0 Å². The second-order valence-corrected chi connectivity index (χ2v) is 5.15. The van der Waals surface area contributed by atoms with Crippen LogP contribution in [0.3, 0.4) is 0 Å². The lowest BCUT2D eigenvalue weighted by Gasteiger charge is -2.40. The molecular formula is C13H21N3.